The predicted molar refractivity (Wildman–Crippen MR) is 146 cm³/mol. The van der Waals surface area contributed by atoms with E-state index in [0.29, 0.717) is 54.8 Å². The number of carbonyl (C=O) groups is 4. The minimum atomic E-state index is -1.25. The number of imide groups is 1. The van der Waals surface area contributed by atoms with Crippen LogP contribution in [-0.4, -0.2) is 88.3 Å². The number of fused-ring (bicyclic) bond motifs is 3. The second-order valence-corrected chi connectivity index (χ2v) is 9.37. The molecular weight excluding hydrogens is 569 g/mol. The number of nitrogens with zero attached hydrogens (tertiary/aromatic N) is 4. The molecule has 0 radical (unpaired) electrons. The van der Waals surface area contributed by atoms with Crippen molar-refractivity contribution in [1.29, 1.82) is 0 Å². The van der Waals surface area contributed by atoms with E-state index in [1.807, 2.05) is 0 Å². The second-order valence-electron chi connectivity index (χ2n) is 9.37. The van der Waals surface area contributed by atoms with Gasteiger partial charge < -0.3 is 24.3 Å². The number of amides is 3. The number of azide groups is 1. The molecule has 228 valence electrons. The van der Waals surface area contributed by atoms with Gasteiger partial charge in [-0.2, -0.15) is 0 Å². The summed E-state index contributed by atoms with van der Waals surface area (Å²) in [6.07, 6.45) is -1.36. The van der Waals surface area contributed by atoms with Gasteiger partial charge in [0.1, 0.15) is 12.4 Å². The SMILES string of the molecule is [N-]=[N+]=NCCOCCOCCOCCNC(=O)c1ccc2c(c1)C(COC(=O)ON1C(=O)CCC1=O)c1cc(F)ccc1-2. The normalized spacial score (nSPS) is 15.1. The summed E-state index contributed by atoms with van der Waals surface area (Å²) >= 11 is 0. The third-order valence-corrected chi connectivity index (χ3v) is 6.58. The summed E-state index contributed by atoms with van der Waals surface area (Å²) in [5, 5.41) is 6.51. The third kappa shape index (κ3) is 8.49. The van der Waals surface area contributed by atoms with Crippen molar-refractivity contribution in [3.8, 4) is 11.1 Å². The first-order valence-corrected chi connectivity index (χ1v) is 13.6. The molecule has 1 N–H and O–H groups in total. The third-order valence-electron chi connectivity index (χ3n) is 6.58. The van der Waals surface area contributed by atoms with Crippen molar-refractivity contribution in [2.45, 2.75) is 18.8 Å². The molecule has 3 amide bonds. The molecule has 0 saturated carbocycles. The maximum Gasteiger partial charge on any atom is 0.533 e. The molecule has 4 rings (SSSR count). The van der Waals surface area contributed by atoms with Gasteiger partial charge in [0.15, 0.2) is 0 Å². The van der Waals surface area contributed by atoms with Crippen molar-refractivity contribution in [2.24, 2.45) is 5.11 Å². The molecule has 1 saturated heterocycles. The Labute approximate surface area is 245 Å². The topological polar surface area (TPSA) is 178 Å². The van der Waals surface area contributed by atoms with E-state index in [1.54, 1.807) is 24.3 Å². The smallest absolute Gasteiger partial charge is 0.432 e. The summed E-state index contributed by atoms with van der Waals surface area (Å²) in [4.78, 5) is 55.9. The lowest BCUT2D eigenvalue weighted by Crippen LogP contribution is -2.32. The molecule has 1 unspecified atom stereocenters. The summed E-state index contributed by atoms with van der Waals surface area (Å²) in [6, 6.07) is 9.31. The molecular formula is C28H30FN5O9. The predicted octanol–water partition coefficient (Wildman–Crippen LogP) is 3.25. The van der Waals surface area contributed by atoms with Crippen LogP contribution in [0.5, 0.6) is 0 Å². The maximum atomic E-state index is 14.2. The first-order chi connectivity index (χ1) is 20.9. The van der Waals surface area contributed by atoms with Crippen LogP contribution in [0.25, 0.3) is 21.6 Å². The van der Waals surface area contributed by atoms with E-state index < -0.39 is 29.7 Å². The molecule has 2 aromatic rings. The van der Waals surface area contributed by atoms with Crippen molar-refractivity contribution in [2.75, 3.05) is 59.3 Å². The number of rotatable bonds is 16. The Morgan fingerprint density at radius 1 is 0.930 bits per heavy atom. The Balaban J connectivity index is 1.26. The second kappa shape index (κ2) is 15.6. The van der Waals surface area contributed by atoms with Crippen LogP contribution >= 0.6 is 0 Å². The van der Waals surface area contributed by atoms with Gasteiger partial charge in [-0.05, 0) is 52.1 Å². The van der Waals surface area contributed by atoms with Crippen molar-refractivity contribution >= 4 is 23.9 Å². The molecule has 1 atom stereocenters. The van der Waals surface area contributed by atoms with Crippen molar-refractivity contribution < 1.29 is 47.4 Å². The zero-order valence-electron chi connectivity index (χ0n) is 23.2. The molecule has 0 bridgehead atoms. The van der Waals surface area contributed by atoms with E-state index in [-0.39, 0.29) is 45.1 Å². The maximum absolute atomic E-state index is 14.2. The fraction of sp³-hybridized carbons (Fsp3) is 0.429. The van der Waals surface area contributed by atoms with E-state index in [2.05, 4.69) is 15.3 Å². The highest BCUT2D eigenvalue weighted by Gasteiger charge is 2.35. The first kappa shape index (κ1) is 31.4. The van der Waals surface area contributed by atoms with Crippen LogP contribution in [0.2, 0.25) is 0 Å². The Morgan fingerprint density at radius 3 is 2.26 bits per heavy atom. The molecule has 1 aliphatic heterocycles. The van der Waals surface area contributed by atoms with Crippen LogP contribution < -0.4 is 5.32 Å². The van der Waals surface area contributed by atoms with Gasteiger partial charge in [0.05, 0.1) is 39.6 Å². The van der Waals surface area contributed by atoms with Gasteiger partial charge in [-0.1, -0.05) is 22.3 Å². The van der Waals surface area contributed by atoms with Crippen molar-refractivity contribution in [1.82, 2.24) is 10.4 Å². The van der Waals surface area contributed by atoms with Gasteiger partial charge in [-0.15, -0.1) is 0 Å². The van der Waals surface area contributed by atoms with Crippen LogP contribution in [0.1, 0.15) is 40.2 Å². The number of hydroxylamine groups is 2. The lowest BCUT2D eigenvalue weighted by atomic mass is 9.96. The van der Waals surface area contributed by atoms with Gasteiger partial charge in [-0.3, -0.25) is 19.2 Å². The van der Waals surface area contributed by atoms with Crippen LogP contribution in [-0.2, 0) is 33.4 Å². The highest BCUT2D eigenvalue weighted by Crippen LogP contribution is 2.45. The zero-order chi connectivity index (χ0) is 30.6. The highest BCUT2D eigenvalue weighted by molar-refractivity contribution is 6.01. The standard InChI is InChI=1S/C28H30FN5O9/c29-19-2-4-21-20-3-1-18(27(37)31-7-9-39-11-13-41-14-12-40-10-8-32-33-30)15-22(20)24(23(21)16-19)17-42-28(38)43-34-25(35)5-6-26(34)36/h1-4,15-16,24H,5-14,17H2,(H,31,37). The van der Waals surface area contributed by atoms with Gasteiger partial charge in [-0.25, -0.2) is 9.18 Å². The molecule has 1 heterocycles. The van der Waals surface area contributed by atoms with Crippen LogP contribution in [0.4, 0.5) is 9.18 Å². The van der Waals surface area contributed by atoms with E-state index in [4.69, 9.17) is 29.3 Å². The van der Waals surface area contributed by atoms with Crippen molar-refractivity contribution in [3.05, 3.63) is 69.3 Å². The largest absolute Gasteiger partial charge is 0.533 e. The number of halogens is 1. The summed E-state index contributed by atoms with van der Waals surface area (Å²) in [6.45, 7) is 2.24. The number of hydrogen-bond acceptors (Lipinski definition) is 10. The molecule has 1 fully saturated rings. The van der Waals surface area contributed by atoms with Crippen LogP contribution in [0.15, 0.2) is 41.5 Å². The Kier molecular flexibility index (Phi) is 11.4. The average molecular weight is 600 g/mol. The van der Waals surface area contributed by atoms with Gasteiger partial charge >= 0.3 is 6.16 Å². The average Bonchev–Trinajstić information content (AvgIpc) is 3.48. The van der Waals surface area contributed by atoms with Crippen molar-refractivity contribution in [3.63, 3.8) is 0 Å². The number of benzene rings is 2. The summed E-state index contributed by atoms with van der Waals surface area (Å²) in [7, 11) is 0. The number of nitrogens with one attached hydrogen (secondary N) is 1. The molecule has 14 nitrogen and oxygen atoms in total. The first-order valence-electron chi connectivity index (χ1n) is 13.6. The quantitative estimate of drug-likeness (QED) is 0.0757. The zero-order valence-corrected chi connectivity index (χ0v) is 23.2. The molecule has 0 spiro atoms. The lowest BCUT2D eigenvalue weighted by Gasteiger charge is -2.16. The molecule has 2 aliphatic rings. The Morgan fingerprint density at radius 2 is 1.56 bits per heavy atom. The summed E-state index contributed by atoms with van der Waals surface area (Å²) < 4.78 is 35.4. The number of hydrogen-bond donors (Lipinski definition) is 1. The monoisotopic (exact) mass is 599 g/mol. The molecule has 15 heteroatoms. The van der Waals surface area contributed by atoms with Crippen LogP contribution in [0.3, 0.4) is 0 Å². The molecule has 2 aromatic carbocycles. The Bertz CT molecular complexity index is 1380. The Hall–Kier alpha value is -4.56. The number of ether oxygens (including phenoxy) is 4. The highest BCUT2D eigenvalue weighted by atomic mass is 19.1. The number of carbonyl (C=O) groups excluding carboxylic acids is 4. The minimum Gasteiger partial charge on any atom is -0.432 e. The van der Waals surface area contributed by atoms with Gasteiger partial charge in [0.25, 0.3) is 17.7 Å². The molecule has 1 aliphatic carbocycles. The summed E-state index contributed by atoms with van der Waals surface area (Å²) in [5.74, 6) is -2.74. The van der Waals surface area contributed by atoms with Crippen LogP contribution in [0, 0.1) is 5.82 Å². The van der Waals surface area contributed by atoms with Gasteiger partial charge in [0.2, 0.25) is 0 Å². The fourth-order valence-corrected chi connectivity index (χ4v) is 4.59. The fourth-order valence-electron chi connectivity index (χ4n) is 4.59. The summed E-state index contributed by atoms with van der Waals surface area (Å²) in [5.41, 5.74) is 11.2. The lowest BCUT2D eigenvalue weighted by molar-refractivity contribution is -0.177. The van der Waals surface area contributed by atoms with E-state index in [9.17, 15) is 23.6 Å². The molecule has 43 heavy (non-hydrogen) atoms. The van der Waals surface area contributed by atoms with Gasteiger partial charge in [0, 0.05) is 42.3 Å². The minimum absolute atomic E-state index is 0.0564. The van der Waals surface area contributed by atoms with E-state index >= 15 is 0 Å². The molecule has 0 aromatic heterocycles. The van der Waals surface area contributed by atoms with E-state index in [1.165, 1.54) is 12.1 Å². The van der Waals surface area contributed by atoms with E-state index in [0.717, 1.165) is 11.1 Å².